The Balaban J connectivity index is 0.00000225. The summed E-state index contributed by atoms with van der Waals surface area (Å²) >= 11 is 0. The number of hydrogen-bond acceptors (Lipinski definition) is 3. The van der Waals surface area contributed by atoms with Crippen LogP contribution < -0.4 is 0 Å². The van der Waals surface area contributed by atoms with Crippen LogP contribution in [0.25, 0.3) is 0 Å². The molecule has 5 nitrogen and oxygen atoms in total. The van der Waals surface area contributed by atoms with Crippen molar-refractivity contribution in [1.29, 1.82) is 0 Å². The molecule has 1 N–H and O–H groups in total. The second kappa shape index (κ2) is 5.46. The van der Waals surface area contributed by atoms with E-state index in [1.54, 1.807) is 13.0 Å². The third kappa shape index (κ3) is 2.93. The van der Waals surface area contributed by atoms with Gasteiger partial charge in [-0.05, 0) is 25.0 Å². The van der Waals surface area contributed by atoms with Crippen molar-refractivity contribution in [2.24, 2.45) is 0 Å². The highest BCUT2D eigenvalue weighted by molar-refractivity contribution is 5.85. The van der Waals surface area contributed by atoms with Crippen LogP contribution >= 0.6 is 12.4 Å². The summed E-state index contributed by atoms with van der Waals surface area (Å²) < 4.78 is 0. The summed E-state index contributed by atoms with van der Waals surface area (Å²) in [5.41, 5.74) is 1.15. The van der Waals surface area contributed by atoms with E-state index in [-0.39, 0.29) is 18.1 Å². The van der Waals surface area contributed by atoms with Crippen LogP contribution in [0.2, 0.25) is 0 Å². The second-order valence-electron chi connectivity index (χ2n) is 3.36. The van der Waals surface area contributed by atoms with Crippen molar-refractivity contribution >= 4 is 24.1 Å². The van der Waals surface area contributed by atoms with Crippen LogP contribution in [0, 0.1) is 17.0 Å². The smallest absolute Gasteiger partial charge is 0.310 e. The lowest BCUT2D eigenvalue weighted by atomic mass is 9.96. The zero-order chi connectivity index (χ0) is 11.6. The predicted octanol–water partition coefficient (Wildman–Crippen LogP) is 2.51. The molecule has 0 aliphatic carbocycles. The molecule has 0 aliphatic heterocycles. The molecule has 0 radical (unpaired) electrons. The summed E-state index contributed by atoms with van der Waals surface area (Å²) in [7, 11) is 0. The summed E-state index contributed by atoms with van der Waals surface area (Å²) in [5.74, 6) is -1.72. The molecule has 0 saturated carbocycles. The average Bonchev–Trinajstić information content (AvgIpc) is 2.16. The molecule has 0 amide bonds. The Morgan fingerprint density at radius 2 is 2.06 bits per heavy atom. The molecule has 0 fully saturated rings. The van der Waals surface area contributed by atoms with Gasteiger partial charge in [-0.15, -0.1) is 12.4 Å². The maximum Gasteiger partial charge on any atom is 0.310 e. The number of nitrogens with zero attached hydrogens (tertiary/aromatic N) is 1. The van der Waals surface area contributed by atoms with E-state index in [4.69, 9.17) is 5.11 Å². The summed E-state index contributed by atoms with van der Waals surface area (Å²) in [4.78, 5) is 20.7. The van der Waals surface area contributed by atoms with E-state index in [0.717, 1.165) is 5.56 Å². The number of nitro benzene ring substituents is 1. The fraction of sp³-hybridized carbons (Fsp3) is 0.300. The minimum absolute atomic E-state index is 0. The molecule has 0 aliphatic rings. The Morgan fingerprint density at radius 1 is 1.50 bits per heavy atom. The SMILES string of the molecule is Cc1ccc([N+](=O)[O-])cc1C(C)C(=O)O.Cl. The van der Waals surface area contributed by atoms with Gasteiger partial charge in [-0.25, -0.2) is 0 Å². The highest BCUT2D eigenvalue weighted by Gasteiger charge is 2.18. The van der Waals surface area contributed by atoms with E-state index in [9.17, 15) is 14.9 Å². The number of halogens is 1. The number of non-ortho nitro benzene ring substituents is 1. The number of hydrogen-bond donors (Lipinski definition) is 1. The normalized spacial score (nSPS) is 11.4. The molecule has 0 saturated heterocycles. The average molecular weight is 246 g/mol. The van der Waals surface area contributed by atoms with E-state index in [1.807, 2.05) is 0 Å². The van der Waals surface area contributed by atoms with Gasteiger partial charge in [0.05, 0.1) is 10.8 Å². The summed E-state index contributed by atoms with van der Waals surface area (Å²) in [6, 6.07) is 4.24. The van der Waals surface area contributed by atoms with Gasteiger partial charge in [-0.2, -0.15) is 0 Å². The quantitative estimate of drug-likeness (QED) is 0.655. The number of benzene rings is 1. The Hall–Kier alpha value is -1.62. The lowest BCUT2D eigenvalue weighted by Crippen LogP contribution is -2.09. The Kier molecular flexibility index (Phi) is 4.91. The minimum Gasteiger partial charge on any atom is -0.481 e. The lowest BCUT2D eigenvalue weighted by Gasteiger charge is -2.09. The van der Waals surface area contributed by atoms with Gasteiger partial charge >= 0.3 is 5.97 Å². The maximum atomic E-state index is 10.8. The van der Waals surface area contributed by atoms with Crippen LogP contribution in [0.3, 0.4) is 0 Å². The van der Waals surface area contributed by atoms with Crippen molar-refractivity contribution in [1.82, 2.24) is 0 Å². The van der Waals surface area contributed by atoms with Crippen LogP contribution in [0.4, 0.5) is 5.69 Å². The molecule has 0 bridgehead atoms. The van der Waals surface area contributed by atoms with Gasteiger partial charge in [0, 0.05) is 12.1 Å². The summed E-state index contributed by atoms with van der Waals surface area (Å²) in [5, 5.41) is 19.3. The fourth-order valence-corrected chi connectivity index (χ4v) is 1.34. The molecule has 0 heterocycles. The van der Waals surface area contributed by atoms with Crippen molar-refractivity contribution in [3.63, 3.8) is 0 Å². The highest BCUT2D eigenvalue weighted by atomic mass is 35.5. The standard InChI is InChI=1S/C10H11NO4.ClH/c1-6-3-4-8(11(14)15)5-9(6)7(2)10(12)13;/h3-5,7H,1-2H3,(H,12,13);1H. The van der Waals surface area contributed by atoms with Crippen LogP contribution in [0.5, 0.6) is 0 Å². The van der Waals surface area contributed by atoms with Crippen molar-refractivity contribution in [3.05, 3.63) is 39.4 Å². The second-order valence-corrected chi connectivity index (χ2v) is 3.36. The number of carboxylic acids is 1. The first-order valence-corrected chi connectivity index (χ1v) is 4.41. The van der Waals surface area contributed by atoms with Crippen LogP contribution in [0.15, 0.2) is 18.2 Å². The number of aliphatic carboxylic acids is 1. The van der Waals surface area contributed by atoms with E-state index >= 15 is 0 Å². The Morgan fingerprint density at radius 3 is 2.50 bits per heavy atom. The summed E-state index contributed by atoms with van der Waals surface area (Å²) in [6.45, 7) is 3.24. The number of nitro groups is 1. The van der Waals surface area contributed by atoms with Gasteiger partial charge in [0.2, 0.25) is 0 Å². The van der Waals surface area contributed by atoms with E-state index in [0.29, 0.717) is 5.56 Å². The van der Waals surface area contributed by atoms with E-state index in [1.165, 1.54) is 19.1 Å². The van der Waals surface area contributed by atoms with E-state index < -0.39 is 16.8 Å². The molecule has 16 heavy (non-hydrogen) atoms. The molecule has 0 aromatic heterocycles. The molecule has 1 aromatic rings. The Labute approximate surface area is 98.7 Å². The molecule has 6 heteroatoms. The lowest BCUT2D eigenvalue weighted by molar-refractivity contribution is -0.384. The van der Waals surface area contributed by atoms with Crippen LogP contribution in [-0.2, 0) is 4.79 Å². The molecule has 1 aromatic carbocycles. The van der Waals surface area contributed by atoms with Crippen molar-refractivity contribution in [2.75, 3.05) is 0 Å². The van der Waals surface area contributed by atoms with Crippen LogP contribution in [-0.4, -0.2) is 16.0 Å². The molecule has 1 unspecified atom stereocenters. The largest absolute Gasteiger partial charge is 0.481 e. The zero-order valence-electron chi connectivity index (χ0n) is 8.84. The fourth-order valence-electron chi connectivity index (χ4n) is 1.34. The van der Waals surface area contributed by atoms with Gasteiger partial charge in [-0.1, -0.05) is 6.07 Å². The number of carboxylic acid groups (broad SMARTS) is 1. The van der Waals surface area contributed by atoms with Gasteiger partial charge in [0.15, 0.2) is 0 Å². The maximum absolute atomic E-state index is 10.8. The topological polar surface area (TPSA) is 80.4 Å². The molecule has 1 rings (SSSR count). The third-order valence-corrected chi connectivity index (χ3v) is 2.31. The third-order valence-electron chi connectivity index (χ3n) is 2.31. The molecular formula is C10H12ClNO4. The number of rotatable bonds is 3. The van der Waals surface area contributed by atoms with Crippen LogP contribution in [0.1, 0.15) is 24.0 Å². The van der Waals surface area contributed by atoms with Crippen molar-refractivity contribution in [2.45, 2.75) is 19.8 Å². The molecule has 88 valence electrons. The first-order chi connectivity index (χ1) is 6.93. The Bertz CT molecular complexity index is 419. The van der Waals surface area contributed by atoms with Crippen molar-refractivity contribution in [3.8, 4) is 0 Å². The zero-order valence-corrected chi connectivity index (χ0v) is 9.65. The number of carbonyl (C=O) groups is 1. The van der Waals surface area contributed by atoms with Crippen molar-refractivity contribution < 1.29 is 14.8 Å². The summed E-state index contributed by atoms with van der Waals surface area (Å²) in [6.07, 6.45) is 0. The predicted molar refractivity (Wildman–Crippen MR) is 61.1 cm³/mol. The first kappa shape index (κ1) is 14.4. The van der Waals surface area contributed by atoms with Gasteiger partial charge in [0.1, 0.15) is 0 Å². The molecule has 0 spiro atoms. The highest BCUT2D eigenvalue weighted by Crippen LogP contribution is 2.24. The van der Waals surface area contributed by atoms with E-state index in [2.05, 4.69) is 0 Å². The number of aryl methyl sites for hydroxylation is 1. The van der Waals surface area contributed by atoms with Gasteiger partial charge in [0.25, 0.3) is 5.69 Å². The van der Waals surface area contributed by atoms with Gasteiger partial charge in [-0.3, -0.25) is 14.9 Å². The minimum atomic E-state index is -0.987. The monoisotopic (exact) mass is 245 g/mol. The van der Waals surface area contributed by atoms with Gasteiger partial charge < -0.3 is 5.11 Å². The molecule has 1 atom stereocenters. The first-order valence-electron chi connectivity index (χ1n) is 4.41. The molecular weight excluding hydrogens is 234 g/mol.